The van der Waals surface area contributed by atoms with Crippen LogP contribution in [0.2, 0.25) is 5.02 Å². The number of methoxy groups -OCH3 is 1. The van der Waals surface area contributed by atoms with Crippen LogP contribution in [0.3, 0.4) is 0 Å². The molecule has 1 radical (unpaired) electrons. The zero-order valence-electron chi connectivity index (χ0n) is 15.5. The number of anilines is 2. The van der Waals surface area contributed by atoms with Gasteiger partial charge in [0.1, 0.15) is 0 Å². The van der Waals surface area contributed by atoms with Crippen LogP contribution < -0.4 is 19.3 Å². The number of fused-ring (bicyclic) bond motifs is 1. The van der Waals surface area contributed by atoms with Crippen molar-refractivity contribution >= 4 is 34.0 Å². The number of benzene rings is 2. The van der Waals surface area contributed by atoms with Crippen molar-refractivity contribution in [2.24, 2.45) is 0 Å². The van der Waals surface area contributed by atoms with Gasteiger partial charge in [-0.25, -0.2) is 0 Å². The third kappa shape index (κ3) is 3.37. The van der Waals surface area contributed by atoms with Gasteiger partial charge < -0.3 is 19.3 Å². The molecule has 2 heterocycles. The van der Waals surface area contributed by atoms with Gasteiger partial charge in [-0.2, -0.15) is 5.10 Å². The van der Waals surface area contributed by atoms with Gasteiger partial charge in [-0.05, 0) is 37.3 Å². The third-order valence-corrected chi connectivity index (χ3v) is 5.05. The highest BCUT2D eigenvalue weighted by atomic mass is 35.5. The van der Waals surface area contributed by atoms with E-state index < -0.39 is 0 Å². The van der Waals surface area contributed by atoms with Gasteiger partial charge in [0, 0.05) is 42.7 Å². The fourth-order valence-electron chi connectivity index (χ4n) is 3.53. The molecule has 1 fully saturated rings. The van der Waals surface area contributed by atoms with Gasteiger partial charge >= 0.3 is 0 Å². The summed E-state index contributed by atoms with van der Waals surface area (Å²) in [5, 5.41) is 9.39. The quantitative estimate of drug-likeness (QED) is 0.724. The molecule has 141 valence electrons. The summed E-state index contributed by atoms with van der Waals surface area (Å²) in [5.41, 5.74) is 2.00. The molecule has 1 N–H and O–H groups in total. The SMILES string of the molecule is CCOc1[c]ccc(N2CCN(c3n[nH]c4cc(Cl)ccc34)CC2)c1OC. The minimum atomic E-state index is 0.584. The van der Waals surface area contributed by atoms with Crippen molar-refractivity contribution in [2.45, 2.75) is 6.92 Å². The normalized spacial score (nSPS) is 14.6. The molecule has 0 aliphatic carbocycles. The Labute approximate surface area is 163 Å². The van der Waals surface area contributed by atoms with Gasteiger partial charge in [0.05, 0.1) is 24.9 Å². The molecule has 27 heavy (non-hydrogen) atoms. The lowest BCUT2D eigenvalue weighted by atomic mass is 10.2. The molecule has 1 saturated heterocycles. The van der Waals surface area contributed by atoms with Crippen molar-refractivity contribution < 1.29 is 9.47 Å². The first-order valence-electron chi connectivity index (χ1n) is 9.06. The third-order valence-electron chi connectivity index (χ3n) is 4.81. The maximum absolute atomic E-state index is 6.07. The molecule has 0 bridgehead atoms. The van der Waals surface area contributed by atoms with Crippen LogP contribution in [-0.4, -0.2) is 50.1 Å². The lowest BCUT2D eigenvalue weighted by molar-refractivity contribution is 0.310. The number of ether oxygens (including phenoxy) is 2. The second-order valence-corrected chi connectivity index (χ2v) is 6.81. The minimum absolute atomic E-state index is 0.584. The Hall–Kier alpha value is -2.60. The first kappa shape index (κ1) is 17.8. The van der Waals surface area contributed by atoms with Gasteiger partial charge in [-0.15, -0.1) is 0 Å². The predicted molar refractivity (Wildman–Crippen MR) is 109 cm³/mol. The number of piperazine rings is 1. The molecular formula is C20H22ClN4O2. The number of halogens is 1. The van der Waals surface area contributed by atoms with Crippen LogP contribution in [0.25, 0.3) is 10.9 Å². The number of nitrogens with one attached hydrogen (secondary N) is 1. The van der Waals surface area contributed by atoms with Crippen LogP contribution in [0.5, 0.6) is 11.5 Å². The Kier molecular flexibility index (Phi) is 4.99. The second kappa shape index (κ2) is 7.56. The molecule has 0 atom stereocenters. The van der Waals surface area contributed by atoms with E-state index in [0.29, 0.717) is 17.4 Å². The van der Waals surface area contributed by atoms with E-state index in [1.807, 2.05) is 37.3 Å². The number of hydrogen-bond donors (Lipinski definition) is 1. The Bertz CT molecular complexity index is 935. The number of aromatic nitrogens is 2. The molecular weight excluding hydrogens is 364 g/mol. The van der Waals surface area contributed by atoms with Crippen molar-refractivity contribution in [2.75, 3.05) is 49.7 Å². The van der Waals surface area contributed by atoms with E-state index in [0.717, 1.165) is 54.3 Å². The summed E-state index contributed by atoms with van der Waals surface area (Å²) in [6.45, 7) is 6.02. The topological polar surface area (TPSA) is 53.6 Å². The molecule has 3 aromatic rings. The van der Waals surface area contributed by atoms with E-state index >= 15 is 0 Å². The van der Waals surface area contributed by atoms with E-state index in [9.17, 15) is 0 Å². The van der Waals surface area contributed by atoms with E-state index in [-0.39, 0.29) is 0 Å². The van der Waals surface area contributed by atoms with Crippen LogP contribution in [0, 0.1) is 6.07 Å². The largest absolute Gasteiger partial charge is 0.491 e. The van der Waals surface area contributed by atoms with Crippen molar-refractivity contribution in [3.63, 3.8) is 0 Å². The van der Waals surface area contributed by atoms with E-state index in [4.69, 9.17) is 21.1 Å². The fraction of sp³-hybridized carbons (Fsp3) is 0.350. The van der Waals surface area contributed by atoms with Crippen molar-refractivity contribution in [3.05, 3.63) is 41.4 Å². The first-order valence-corrected chi connectivity index (χ1v) is 9.44. The standard InChI is InChI=1S/C20H22ClN4O2/c1-3-27-18-6-4-5-17(19(18)26-2)24-9-11-25(12-10-24)20-15-8-7-14(21)13-16(15)22-23-20/h4-5,7-8,13H,3,9-12H2,1-2H3,(H,22,23). The van der Waals surface area contributed by atoms with Gasteiger partial charge in [0.25, 0.3) is 0 Å². The lowest BCUT2D eigenvalue weighted by Gasteiger charge is -2.37. The zero-order chi connectivity index (χ0) is 18.8. The molecule has 1 aliphatic rings. The van der Waals surface area contributed by atoms with E-state index in [1.54, 1.807) is 7.11 Å². The molecule has 0 spiro atoms. The van der Waals surface area contributed by atoms with Crippen molar-refractivity contribution in [3.8, 4) is 11.5 Å². The average Bonchev–Trinajstić information content (AvgIpc) is 3.11. The first-order chi connectivity index (χ1) is 13.2. The van der Waals surface area contributed by atoms with Gasteiger partial charge in [0.2, 0.25) is 0 Å². The second-order valence-electron chi connectivity index (χ2n) is 6.37. The molecule has 0 amide bonds. The number of nitrogens with zero attached hydrogens (tertiary/aromatic N) is 3. The van der Waals surface area contributed by atoms with E-state index in [2.05, 4.69) is 26.1 Å². The highest BCUT2D eigenvalue weighted by molar-refractivity contribution is 6.31. The molecule has 7 heteroatoms. The smallest absolute Gasteiger partial charge is 0.184 e. The molecule has 1 aromatic heterocycles. The van der Waals surface area contributed by atoms with Crippen LogP contribution in [0.4, 0.5) is 11.5 Å². The van der Waals surface area contributed by atoms with E-state index in [1.165, 1.54) is 0 Å². The Balaban J connectivity index is 1.53. The summed E-state index contributed by atoms with van der Waals surface area (Å²) in [4.78, 5) is 4.62. The lowest BCUT2D eigenvalue weighted by Crippen LogP contribution is -2.46. The van der Waals surface area contributed by atoms with Crippen LogP contribution in [0.1, 0.15) is 6.92 Å². The summed E-state index contributed by atoms with van der Waals surface area (Å²) in [5.74, 6) is 2.38. The van der Waals surface area contributed by atoms with Gasteiger partial charge in [-0.1, -0.05) is 11.6 Å². The number of aromatic amines is 1. The number of H-pyrrole nitrogens is 1. The Morgan fingerprint density at radius 3 is 2.70 bits per heavy atom. The maximum atomic E-state index is 6.07. The summed E-state index contributed by atoms with van der Waals surface area (Å²) in [6, 6.07) is 12.9. The molecule has 0 unspecified atom stereocenters. The van der Waals surface area contributed by atoms with Gasteiger partial charge in [-0.3, -0.25) is 5.10 Å². The van der Waals surface area contributed by atoms with Crippen molar-refractivity contribution in [1.82, 2.24) is 10.2 Å². The molecule has 2 aromatic carbocycles. The summed E-state index contributed by atoms with van der Waals surface area (Å²) >= 11 is 6.07. The summed E-state index contributed by atoms with van der Waals surface area (Å²) in [6.07, 6.45) is 0. The number of rotatable bonds is 5. The monoisotopic (exact) mass is 385 g/mol. The zero-order valence-corrected chi connectivity index (χ0v) is 16.2. The molecule has 1 aliphatic heterocycles. The highest BCUT2D eigenvalue weighted by Crippen LogP contribution is 2.38. The fourth-order valence-corrected chi connectivity index (χ4v) is 3.70. The minimum Gasteiger partial charge on any atom is -0.491 e. The number of hydrogen-bond acceptors (Lipinski definition) is 5. The summed E-state index contributed by atoms with van der Waals surface area (Å²) in [7, 11) is 1.67. The summed E-state index contributed by atoms with van der Waals surface area (Å²) < 4.78 is 11.3. The Morgan fingerprint density at radius 1 is 1.19 bits per heavy atom. The van der Waals surface area contributed by atoms with Crippen LogP contribution in [0.15, 0.2) is 30.3 Å². The molecule has 0 saturated carbocycles. The van der Waals surface area contributed by atoms with Crippen molar-refractivity contribution in [1.29, 1.82) is 0 Å². The molecule has 4 rings (SSSR count). The highest BCUT2D eigenvalue weighted by Gasteiger charge is 2.24. The predicted octanol–water partition coefficient (Wildman–Crippen LogP) is 3.75. The maximum Gasteiger partial charge on any atom is 0.184 e. The van der Waals surface area contributed by atoms with Crippen LogP contribution >= 0.6 is 11.6 Å². The van der Waals surface area contributed by atoms with Crippen LogP contribution in [-0.2, 0) is 0 Å². The Morgan fingerprint density at radius 2 is 1.96 bits per heavy atom. The average molecular weight is 386 g/mol. The molecule has 6 nitrogen and oxygen atoms in total. The van der Waals surface area contributed by atoms with Gasteiger partial charge in [0.15, 0.2) is 17.3 Å².